The molecule has 0 fully saturated rings. The van der Waals surface area contributed by atoms with Gasteiger partial charge in [0, 0.05) is 36.9 Å². The van der Waals surface area contributed by atoms with E-state index >= 15 is 0 Å². The van der Waals surface area contributed by atoms with Crippen LogP contribution < -0.4 is 4.74 Å². The summed E-state index contributed by atoms with van der Waals surface area (Å²) in [5.74, 6) is -6.89. The van der Waals surface area contributed by atoms with E-state index in [1.54, 1.807) is 30.3 Å². The Morgan fingerprint density at radius 3 is 2.18 bits per heavy atom. The number of benzene rings is 3. The molecule has 0 aliphatic rings. The van der Waals surface area contributed by atoms with Gasteiger partial charge in [0.25, 0.3) is 0 Å². The Morgan fingerprint density at radius 2 is 1.56 bits per heavy atom. The molecule has 0 radical (unpaired) electrons. The molecule has 15 heteroatoms. The number of rotatable bonds is 8. The lowest BCUT2D eigenvalue weighted by Gasteiger charge is -2.13. The first-order chi connectivity index (χ1) is 20.9. The topological polar surface area (TPSA) is 125 Å². The fourth-order valence-corrected chi connectivity index (χ4v) is 5.31. The van der Waals surface area contributed by atoms with Crippen molar-refractivity contribution >= 4 is 15.8 Å². The normalized spacial score (nSPS) is 12.4. The quantitative estimate of drug-likeness (QED) is 0.181. The second-order valence-electron chi connectivity index (χ2n) is 9.96. The molecule has 0 aliphatic carbocycles. The highest BCUT2D eigenvalue weighted by atomic mass is 32.2. The van der Waals surface area contributed by atoms with Gasteiger partial charge in [0.05, 0.1) is 10.6 Å². The SMILES string of the molecule is Cc1nc(-c2ccc(OC(F)(F)F)cc2)c(-c2cc(-c3cccc(S(C)(=O)=O)c3)ccc2-c2cc(C(F)(F)C(=O)O)nn2C)o1. The van der Waals surface area contributed by atoms with E-state index in [1.165, 1.54) is 38.2 Å². The predicted molar refractivity (Wildman–Crippen MR) is 151 cm³/mol. The third-order valence-corrected chi connectivity index (χ3v) is 7.81. The zero-order valence-corrected chi connectivity index (χ0v) is 24.4. The number of sulfone groups is 1. The van der Waals surface area contributed by atoms with E-state index in [0.717, 1.165) is 29.1 Å². The van der Waals surface area contributed by atoms with Crippen molar-refractivity contribution in [1.29, 1.82) is 0 Å². The smallest absolute Gasteiger partial charge is 0.476 e. The van der Waals surface area contributed by atoms with Crippen LogP contribution in [0.15, 0.2) is 82.1 Å². The van der Waals surface area contributed by atoms with Crippen molar-refractivity contribution in [3.8, 4) is 50.7 Å². The Labute approximate surface area is 252 Å². The molecular formula is C30H22F5N3O6S. The van der Waals surface area contributed by atoms with E-state index in [4.69, 9.17) is 9.52 Å². The summed E-state index contributed by atoms with van der Waals surface area (Å²) in [6.07, 6.45) is -3.84. The molecule has 5 aromatic rings. The summed E-state index contributed by atoms with van der Waals surface area (Å²) in [5.41, 5.74) is 1.07. The number of hydrogen-bond acceptors (Lipinski definition) is 7. The molecule has 234 valence electrons. The Hall–Kier alpha value is -5.05. The zero-order chi connectivity index (χ0) is 32.9. The van der Waals surface area contributed by atoms with Crippen LogP contribution in [0.5, 0.6) is 5.75 Å². The van der Waals surface area contributed by atoms with Crippen molar-refractivity contribution in [1.82, 2.24) is 14.8 Å². The number of aromatic nitrogens is 3. The van der Waals surface area contributed by atoms with Crippen LogP contribution in [0.25, 0.3) is 45.0 Å². The number of aryl methyl sites for hydroxylation is 2. The maximum atomic E-state index is 14.4. The van der Waals surface area contributed by atoms with Crippen molar-refractivity contribution in [2.75, 3.05) is 6.26 Å². The van der Waals surface area contributed by atoms with Gasteiger partial charge in [0.15, 0.2) is 21.5 Å². The standard InChI is InChI=1S/C30H22F5N3O6S/c1-16-36-26(17-7-10-20(11-8-17)44-30(33,34)35)27(43-16)23-14-19(18-5-4-6-21(13-18)45(3,41)42)9-12-22(23)24-15-25(37-38(24)2)29(31,32)28(39)40/h4-15H,1-3H3,(H,39,40). The van der Waals surface area contributed by atoms with Gasteiger partial charge in [-0.2, -0.15) is 13.9 Å². The molecule has 45 heavy (non-hydrogen) atoms. The average molecular weight is 648 g/mol. The third kappa shape index (κ3) is 6.43. The molecule has 2 heterocycles. The van der Waals surface area contributed by atoms with E-state index in [9.17, 15) is 35.2 Å². The molecule has 9 nitrogen and oxygen atoms in total. The third-order valence-electron chi connectivity index (χ3n) is 6.70. The molecule has 0 spiro atoms. The molecular weight excluding hydrogens is 625 g/mol. The zero-order valence-electron chi connectivity index (χ0n) is 23.6. The van der Waals surface area contributed by atoms with Crippen LogP contribution in [0.3, 0.4) is 0 Å². The van der Waals surface area contributed by atoms with Gasteiger partial charge in [-0.05, 0) is 59.7 Å². The molecule has 5 rings (SSSR count). The Morgan fingerprint density at radius 1 is 0.911 bits per heavy atom. The van der Waals surface area contributed by atoms with Gasteiger partial charge >= 0.3 is 18.3 Å². The molecule has 0 amide bonds. The Bertz CT molecular complexity index is 2030. The van der Waals surface area contributed by atoms with E-state index in [1.807, 2.05) is 0 Å². The first kappa shape index (κ1) is 31.4. The van der Waals surface area contributed by atoms with Crippen molar-refractivity contribution < 1.29 is 49.4 Å². The van der Waals surface area contributed by atoms with Gasteiger partial charge < -0.3 is 14.3 Å². The molecule has 3 aromatic carbocycles. The minimum Gasteiger partial charge on any atom is -0.476 e. The number of hydrogen-bond donors (Lipinski definition) is 1. The van der Waals surface area contributed by atoms with Crippen LogP contribution >= 0.6 is 0 Å². The second kappa shape index (κ2) is 11.1. The number of alkyl halides is 5. The minimum atomic E-state index is -4.90. The van der Waals surface area contributed by atoms with Crippen LogP contribution in [0.2, 0.25) is 0 Å². The maximum absolute atomic E-state index is 14.4. The molecule has 0 bridgehead atoms. The number of halogens is 5. The second-order valence-corrected chi connectivity index (χ2v) is 12.0. The van der Waals surface area contributed by atoms with E-state index in [0.29, 0.717) is 16.7 Å². The molecule has 2 aromatic heterocycles. The summed E-state index contributed by atoms with van der Waals surface area (Å²) >= 11 is 0. The number of nitrogens with zero attached hydrogens (tertiary/aromatic N) is 3. The molecule has 0 saturated carbocycles. The van der Waals surface area contributed by atoms with Crippen LogP contribution in [0.4, 0.5) is 22.0 Å². The van der Waals surface area contributed by atoms with Gasteiger partial charge in [-0.1, -0.05) is 24.3 Å². The van der Waals surface area contributed by atoms with E-state index in [2.05, 4.69) is 14.8 Å². The lowest BCUT2D eigenvalue weighted by atomic mass is 9.94. The maximum Gasteiger partial charge on any atom is 0.573 e. The number of ether oxygens (including phenoxy) is 1. The van der Waals surface area contributed by atoms with Crippen LogP contribution in [-0.4, -0.2) is 46.9 Å². The monoisotopic (exact) mass is 647 g/mol. The largest absolute Gasteiger partial charge is 0.573 e. The fourth-order valence-electron chi connectivity index (χ4n) is 4.64. The number of carbonyl (C=O) groups is 1. The Balaban J connectivity index is 1.73. The predicted octanol–water partition coefficient (Wildman–Crippen LogP) is 6.86. The van der Waals surface area contributed by atoms with Gasteiger partial charge in [0.2, 0.25) is 0 Å². The van der Waals surface area contributed by atoms with Crippen molar-refractivity contribution in [2.24, 2.45) is 7.05 Å². The molecule has 0 saturated heterocycles. The van der Waals surface area contributed by atoms with Crippen LogP contribution in [0.1, 0.15) is 11.6 Å². The molecule has 0 atom stereocenters. The lowest BCUT2D eigenvalue weighted by Crippen LogP contribution is -2.26. The summed E-state index contributed by atoms with van der Waals surface area (Å²) in [7, 11) is -2.22. The first-order valence-electron chi connectivity index (χ1n) is 12.9. The van der Waals surface area contributed by atoms with Gasteiger partial charge in [-0.25, -0.2) is 18.2 Å². The van der Waals surface area contributed by atoms with E-state index in [-0.39, 0.29) is 39.1 Å². The molecule has 1 N–H and O–H groups in total. The van der Waals surface area contributed by atoms with Gasteiger partial charge in [0.1, 0.15) is 17.1 Å². The summed E-state index contributed by atoms with van der Waals surface area (Å²) < 4.78 is 102. The lowest BCUT2D eigenvalue weighted by molar-refractivity contribution is -0.274. The Kier molecular flexibility index (Phi) is 7.77. The van der Waals surface area contributed by atoms with Gasteiger partial charge in [-0.15, -0.1) is 13.2 Å². The first-order valence-corrected chi connectivity index (χ1v) is 14.8. The van der Waals surface area contributed by atoms with Crippen molar-refractivity contribution in [3.05, 3.63) is 84.4 Å². The van der Waals surface area contributed by atoms with Crippen LogP contribution in [-0.2, 0) is 27.6 Å². The highest BCUT2D eigenvalue weighted by Gasteiger charge is 2.44. The highest BCUT2D eigenvalue weighted by Crippen LogP contribution is 2.42. The summed E-state index contributed by atoms with van der Waals surface area (Å²) in [6, 6.07) is 16.6. The van der Waals surface area contributed by atoms with Crippen LogP contribution in [0, 0.1) is 6.92 Å². The summed E-state index contributed by atoms with van der Waals surface area (Å²) in [6.45, 7) is 1.53. The van der Waals surface area contributed by atoms with Crippen molar-refractivity contribution in [3.63, 3.8) is 0 Å². The van der Waals surface area contributed by atoms with E-state index < -0.39 is 39.5 Å². The van der Waals surface area contributed by atoms with Gasteiger partial charge in [-0.3, -0.25) is 4.68 Å². The number of aliphatic carboxylic acids is 1. The number of carboxylic acid groups (broad SMARTS) is 1. The molecule has 0 aliphatic heterocycles. The molecule has 0 unspecified atom stereocenters. The summed E-state index contributed by atoms with van der Waals surface area (Å²) in [5, 5.41) is 12.8. The summed E-state index contributed by atoms with van der Waals surface area (Å²) in [4.78, 5) is 15.7. The minimum absolute atomic E-state index is 0.0511. The van der Waals surface area contributed by atoms with Crippen molar-refractivity contribution in [2.45, 2.75) is 24.1 Å². The highest BCUT2D eigenvalue weighted by molar-refractivity contribution is 7.90. The fraction of sp³-hybridized carbons (Fsp3) is 0.167. The number of carboxylic acids is 1. The average Bonchev–Trinajstić information content (AvgIpc) is 3.54. The number of oxazole rings is 1.